The third-order valence-corrected chi connectivity index (χ3v) is 4.99. The Hall–Kier alpha value is -1.87. The normalized spacial score (nSPS) is 18.9. The van der Waals surface area contributed by atoms with Gasteiger partial charge >= 0.3 is 0 Å². The van der Waals surface area contributed by atoms with Crippen molar-refractivity contribution >= 4 is 41.1 Å². The zero-order valence-electron chi connectivity index (χ0n) is 14.9. The van der Waals surface area contributed by atoms with Crippen molar-refractivity contribution in [2.45, 2.75) is 19.9 Å². The Morgan fingerprint density at radius 3 is 1.54 bits per heavy atom. The van der Waals surface area contributed by atoms with Crippen LogP contribution in [0.25, 0.3) is 12.2 Å². The number of halogens is 2. The number of carbonyl (C=O) groups is 1. The van der Waals surface area contributed by atoms with E-state index in [0.29, 0.717) is 29.2 Å². The summed E-state index contributed by atoms with van der Waals surface area (Å²) in [6, 6.07) is 15.4. The SMILES string of the molecule is CC(C)N1CC(=Cc2ccc(Cl)cc2)C(=O)C(=Cc2ccc(Cl)cc2)C1. The number of ketones is 1. The van der Waals surface area contributed by atoms with Crippen molar-refractivity contribution in [3.8, 4) is 0 Å². The first-order chi connectivity index (χ1) is 12.4. The summed E-state index contributed by atoms with van der Waals surface area (Å²) in [4.78, 5) is 15.3. The van der Waals surface area contributed by atoms with Crippen molar-refractivity contribution in [1.82, 2.24) is 4.90 Å². The third kappa shape index (κ3) is 4.64. The molecule has 1 aliphatic rings. The topological polar surface area (TPSA) is 20.3 Å². The fraction of sp³-hybridized carbons (Fsp3) is 0.227. The number of likely N-dealkylation sites (tertiary alicyclic amines) is 1. The van der Waals surface area contributed by atoms with E-state index in [-0.39, 0.29) is 5.78 Å². The second-order valence-corrected chi connectivity index (χ2v) is 7.64. The molecule has 134 valence electrons. The molecule has 2 aromatic rings. The Bertz CT molecular complexity index is 781. The summed E-state index contributed by atoms with van der Waals surface area (Å²) in [5.41, 5.74) is 3.56. The number of rotatable bonds is 3. The summed E-state index contributed by atoms with van der Waals surface area (Å²) >= 11 is 11.9. The molecule has 26 heavy (non-hydrogen) atoms. The first-order valence-corrected chi connectivity index (χ1v) is 9.39. The van der Waals surface area contributed by atoms with E-state index in [1.165, 1.54) is 0 Å². The molecule has 0 bridgehead atoms. The van der Waals surface area contributed by atoms with Gasteiger partial charge in [-0.2, -0.15) is 0 Å². The van der Waals surface area contributed by atoms with Crippen molar-refractivity contribution in [2.24, 2.45) is 0 Å². The minimum atomic E-state index is 0.104. The molecular weight excluding hydrogens is 365 g/mol. The van der Waals surface area contributed by atoms with Crippen LogP contribution in [-0.4, -0.2) is 29.8 Å². The van der Waals surface area contributed by atoms with Crippen molar-refractivity contribution < 1.29 is 4.79 Å². The van der Waals surface area contributed by atoms with Gasteiger partial charge in [0.15, 0.2) is 5.78 Å². The molecule has 0 atom stereocenters. The number of hydrogen-bond acceptors (Lipinski definition) is 2. The minimum Gasteiger partial charge on any atom is -0.292 e. The highest BCUT2D eigenvalue weighted by molar-refractivity contribution is 6.30. The monoisotopic (exact) mass is 385 g/mol. The van der Waals surface area contributed by atoms with Crippen LogP contribution in [0.3, 0.4) is 0 Å². The van der Waals surface area contributed by atoms with Crippen LogP contribution in [-0.2, 0) is 4.79 Å². The fourth-order valence-corrected chi connectivity index (χ4v) is 3.20. The summed E-state index contributed by atoms with van der Waals surface area (Å²) in [6.07, 6.45) is 3.92. The van der Waals surface area contributed by atoms with Crippen molar-refractivity contribution in [3.63, 3.8) is 0 Å². The fourth-order valence-electron chi connectivity index (χ4n) is 2.95. The van der Waals surface area contributed by atoms with Crippen LogP contribution in [0.15, 0.2) is 59.7 Å². The van der Waals surface area contributed by atoms with E-state index in [4.69, 9.17) is 23.2 Å². The van der Waals surface area contributed by atoms with Crippen LogP contribution in [0.4, 0.5) is 0 Å². The van der Waals surface area contributed by atoms with Gasteiger partial charge in [-0.1, -0.05) is 47.5 Å². The molecule has 0 unspecified atom stereocenters. The lowest BCUT2D eigenvalue weighted by Gasteiger charge is -2.32. The molecule has 0 N–H and O–H groups in total. The molecule has 0 aliphatic carbocycles. The highest BCUT2D eigenvalue weighted by Gasteiger charge is 2.27. The van der Waals surface area contributed by atoms with E-state index in [9.17, 15) is 4.79 Å². The molecule has 1 saturated heterocycles. The standard InChI is InChI=1S/C22H21Cl2NO/c1-15(2)25-13-18(11-16-3-7-20(23)8-4-16)22(26)19(14-25)12-17-5-9-21(24)10-6-17/h3-12,15H,13-14H2,1-2H3. The molecule has 1 heterocycles. The predicted octanol–water partition coefficient (Wildman–Crippen LogP) is 5.75. The average molecular weight is 386 g/mol. The smallest absolute Gasteiger partial charge is 0.187 e. The number of Topliss-reactive ketones (excluding diaryl/α,β-unsaturated/α-hetero) is 1. The van der Waals surface area contributed by atoms with Gasteiger partial charge in [-0.05, 0) is 61.4 Å². The Morgan fingerprint density at radius 1 is 0.808 bits per heavy atom. The zero-order valence-corrected chi connectivity index (χ0v) is 16.4. The van der Waals surface area contributed by atoms with Gasteiger partial charge < -0.3 is 0 Å². The van der Waals surface area contributed by atoms with E-state index in [2.05, 4.69) is 18.7 Å². The molecular formula is C22H21Cl2NO. The number of piperidine rings is 1. The minimum absolute atomic E-state index is 0.104. The molecule has 3 rings (SSSR count). The first kappa shape index (κ1) is 18.9. The van der Waals surface area contributed by atoms with Gasteiger partial charge in [0, 0.05) is 40.3 Å². The molecule has 2 aromatic carbocycles. The van der Waals surface area contributed by atoms with Crippen molar-refractivity contribution in [1.29, 1.82) is 0 Å². The Balaban J connectivity index is 1.95. The molecule has 1 aliphatic heterocycles. The van der Waals surface area contributed by atoms with Crippen LogP contribution in [0.2, 0.25) is 10.0 Å². The number of benzene rings is 2. The van der Waals surface area contributed by atoms with Gasteiger partial charge in [0.25, 0.3) is 0 Å². The molecule has 0 radical (unpaired) electrons. The Labute approximate surface area is 164 Å². The van der Waals surface area contributed by atoms with Gasteiger partial charge in [-0.3, -0.25) is 9.69 Å². The van der Waals surface area contributed by atoms with Crippen LogP contribution in [0.5, 0.6) is 0 Å². The van der Waals surface area contributed by atoms with E-state index in [1.807, 2.05) is 60.7 Å². The molecule has 1 fully saturated rings. The molecule has 0 aromatic heterocycles. The number of hydrogen-bond donors (Lipinski definition) is 0. The second kappa shape index (κ2) is 8.22. The van der Waals surface area contributed by atoms with Gasteiger partial charge in [0.1, 0.15) is 0 Å². The summed E-state index contributed by atoms with van der Waals surface area (Å²) in [6.45, 7) is 5.60. The van der Waals surface area contributed by atoms with Gasteiger partial charge in [-0.25, -0.2) is 0 Å². The lowest BCUT2D eigenvalue weighted by Crippen LogP contribution is -2.41. The number of nitrogens with zero attached hydrogens (tertiary/aromatic N) is 1. The molecule has 0 amide bonds. The Kier molecular flexibility index (Phi) is 5.98. The van der Waals surface area contributed by atoms with E-state index in [0.717, 1.165) is 22.3 Å². The lowest BCUT2D eigenvalue weighted by atomic mass is 9.93. The second-order valence-electron chi connectivity index (χ2n) is 6.77. The Morgan fingerprint density at radius 2 is 1.19 bits per heavy atom. The maximum absolute atomic E-state index is 13.0. The van der Waals surface area contributed by atoms with Gasteiger partial charge in [-0.15, -0.1) is 0 Å². The highest BCUT2D eigenvalue weighted by atomic mass is 35.5. The predicted molar refractivity (Wildman–Crippen MR) is 111 cm³/mol. The largest absolute Gasteiger partial charge is 0.292 e. The van der Waals surface area contributed by atoms with Crippen LogP contribution in [0, 0.1) is 0 Å². The average Bonchev–Trinajstić information content (AvgIpc) is 2.62. The van der Waals surface area contributed by atoms with E-state index >= 15 is 0 Å². The highest BCUT2D eigenvalue weighted by Crippen LogP contribution is 2.24. The maximum atomic E-state index is 13.0. The van der Waals surface area contributed by atoms with E-state index in [1.54, 1.807) is 0 Å². The van der Waals surface area contributed by atoms with Gasteiger partial charge in [0.2, 0.25) is 0 Å². The maximum Gasteiger partial charge on any atom is 0.187 e. The third-order valence-electron chi connectivity index (χ3n) is 4.48. The van der Waals surface area contributed by atoms with Crippen molar-refractivity contribution in [3.05, 3.63) is 80.8 Å². The molecule has 0 spiro atoms. The summed E-state index contributed by atoms with van der Waals surface area (Å²) in [5, 5.41) is 1.38. The molecule has 0 saturated carbocycles. The summed E-state index contributed by atoms with van der Waals surface area (Å²) in [5.74, 6) is 0.104. The van der Waals surface area contributed by atoms with E-state index < -0.39 is 0 Å². The molecule has 2 nitrogen and oxygen atoms in total. The first-order valence-electron chi connectivity index (χ1n) is 8.63. The molecule has 4 heteroatoms. The van der Waals surface area contributed by atoms with Crippen LogP contribution < -0.4 is 0 Å². The van der Waals surface area contributed by atoms with Crippen LogP contribution in [0.1, 0.15) is 25.0 Å². The zero-order chi connectivity index (χ0) is 18.7. The number of carbonyl (C=O) groups excluding carboxylic acids is 1. The lowest BCUT2D eigenvalue weighted by molar-refractivity contribution is -0.113. The quantitative estimate of drug-likeness (QED) is 0.626. The summed E-state index contributed by atoms with van der Waals surface area (Å²) < 4.78 is 0. The van der Waals surface area contributed by atoms with Crippen molar-refractivity contribution in [2.75, 3.05) is 13.1 Å². The summed E-state index contributed by atoms with van der Waals surface area (Å²) in [7, 11) is 0. The van der Waals surface area contributed by atoms with Crippen LogP contribution >= 0.6 is 23.2 Å². The van der Waals surface area contributed by atoms with Gasteiger partial charge in [0.05, 0.1) is 0 Å².